The van der Waals surface area contributed by atoms with Crippen LogP contribution < -0.4 is 5.43 Å². The quantitative estimate of drug-likeness (QED) is 0.425. The molecule has 1 amide bonds. The molecule has 1 saturated heterocycles. The zero-order valence-corrected chi connectivity index (χ0v) is 17.0. The molecular formula is C20H19F4N3O3S. The summed E-state index contributed by atoms with van der Waals surface area (Å²) in [5.74, 6) is -1.58. The third kappa shape index (κ3) is 5.47. The van der Waals surface area contributed by atoms with E-state index in [1.165, 1.54) is 34.6 Å². The fourth-order valence-electron chi connectivity index (χ4n) is 3.24. The number of alkyl halides is 3. The molecule has 6 nitrogen and oxygen atoms in total. The molecule has 2 aromatic rings. The Kier molecular flexibility index (Phi) is 6.75. The van der Waals surface area contributed by atoms with E-state index in [1.54, 1.807) is 0 Å². The van der Waals surface area contributed by atoms with Crippen molar-refractivity contribution in [2.45, 2.75) is 23.9 Å². The summed E-state index contributed by atoms with van der Waals surface area (Å²) in [6, 6.07) is 9.30. The number of amides is 1. The first kappa shape index (κ1) is 22.9. The van der Waals surface area contributed by atoms with Crippen LogP contribution in [0.15, 0.2) is 58.5 Å². The first-order chi connectivity index (χ1) is 14.6. The summed E-state index contributed by atoms with van der Waals surface area (Å²) in [7, 11) is -3.80. The number of hydrazone groups is 1. The van der Waals surface area contributed by atoms with Gasteiger partial charge in [-0.1, -0.05) is 18.2 Å². The Hall–Kier alpha value is -2.79. The Labute approximate surface area is 176 Å². The van der Waals surface area contributed by atoms with Gasteiger partial charge >= 0.3 is 6.18 Å². The molecule has 0 atom stereocenters. The molecule has 0 saturated carbocycles. The lowest BCUT2D eigenvalue weighted by atomic mass is 9.98. The Bertz CT molecular complexity index is 1060. The number of nitrogens with zero attached hydrogens (tertiary/aromatic N) is 2. The number of piperidine rings is 1. The topological polar surface area (TPSA) is 78.8 Å². The second-order valence-corrected chi connectivity index (χ2v) is 8.89. The molecule has 2 aromatic carbocycles. The van der Waals surface area contributed by atoms with Gasteiger partial charge in [0.15, 0.2) is 0 Å². The average molecular weight is 457 g/mol. The molecule has 1 N–H and O–H groups in total. The SMILES string of the molecule is O=C(N/N=C\c1ccccc1C(F)(F)F)C1CCN(S(=O)(=O)c2ccc(F)cc2)CC1. The summed E-state index contributed by atoms with van der Waals surface area (Å²) in [5.41, 5.74) is 1.17. The zero-order valence-electron chi connectivity index (χ0n) is 16.1. The summed E-state index contributed by atoms with van der Waals surface area (Å²) >= 11 is 0. The lowest BCUT2D eigenvalue weighted by Gasteiger charge is -2.30. The first-order valence-corrected chi connectivity index (χ1v) is 10.8. The third-order valence-electron chi connectivity index (χ3n) is 4.92. The van der Waals surface area contributed by atoms with Gasteiger partial charge in [-0.25, -0.2) is 18.2 Å². The van der Waals surface area contributed by atoms with Crippen molar-refractivity contribution in [1.82, 2.24) is 9.73 Å². The molecule has 1 fully saturated rings. The molecule has 31 heavy (non-hydrogen) atoms. The number of rotatable bonds is 5. The molecule has 11 heteroatoms. The second-order valence-electron chi connectivity index (χ2n) is 6.95. The number of nitrogens with one attached hydrogen (secondary N) is 1. The largest absolute Gasteiger partial charge is 0.417 e. The third-order valence-corrected chi connectivity index (χ3v) is 6.83. The molecule has 0 unspecified atom stereocenters. The van der Waals surface area contributed by atoms with Crippen LogP contribution in [0, 0.1) is 11.7 Å². The smallest absolute Gasteiger partial charge is 0.273 e. The second kappa shape index (κ2) is 9.15. The standard InChI is InChI=1S/C20H19F4N3O3S/c21-16-5-7-17(8-6-16)31(29,30)27-11-9-14(10-12-27)19(28)26-25-13-15-3-1-2-4-18(15)20(22,23)24/h1-8,13-14H,9-12H2,(H,26,28)/b25-13-. The van der Waals surface area contributed by atoms with Crippen LogP contribution in [0.3, 0.4) is 0 Å². The number of halogens is 4. The number of benzene rings is 2. The number of hydrogen-bond donors (Lipinski definition) is 1. The Morgan fingerprint density at radius 2 is 1.68 bits per heavy atom. The minimum atomic E-state index is -4.55. The van der Waals surface area contributed by atoms with Gasteiger partial charge in [-0.15, -0.1) is 0 Å². The first-order valence-electron chi connectivity index (χ1n) is 9.34. The van der Waals surface area contributed by atoms with Crippen LogP contribution >= 0.6 is 0 Å². The van der Waals surface area contributed by atoms with Gasteiger partial charge in [0.1, 0.15) is 5.82 Å². The van der Waals surface area contributed by atoms with Crippen LogP contribution in [0.4, 0.5) is 17.6 Å². The van der Waals surface area contributed by atoms with Gasteiger partial charge < -0.3 is 0 Å². The molecule has 166 valence electrons. The lowest BCUT2D eigenvalue weighted by molar-refractivity contribution is -0.137. The van der Waals surface area contributed by atoms with Crippen LogP contribution in [-0.2, 0) is 21.0 Å². The van der Waals surface area contributed by atoms with E-state index >= 15 is 0 Å². The highest BCUT2D eigenvalue weighted by atomic mass is 32.2. The average Bonchev–Trinajstić information content (AvgIpc) is 2.74. The van der Waals surface area contributed by atoms with Crippen molar-refractivity contribution >= 4 is 22.1 Å². The van der Waals surface area contributed by atoms with Crippen LogP contribution in [0.25, 0.3) is 0 Å². The van der Waals surface area contributed by atoms with Crippen molar-refractivity contribution in [2.24, 2.45) is 11.0 Å². The van der Waals surface area contributed by atoms with E-state index in [9.17, 15) is 30.8 Å². The van der Waals surface area contributed by atoms with E-state index in [2.05, 4.69) is 10.5 Å². The lowest BCUT2D eigenvalue weighted by Crippen LogP contribution is -2.42. The van der Waals surface area contributed by atoms with Crippen molar-refractivity contribution in [2.75, 3.05) is 13.1 Å². The van der Waals surface area contributed by atoms with E-state index in [-0.39, 0.29) is 36.4 Å². The van der Waals surface area contributed by atoms with Crippen LogP contribution in [0.1, 0.15) is 24.0 Å². The molecule has 3 rings (SSSR count). The monoisotopic (exact) mass is 457 g/mol. The molecule has 1 aliphatic rings. The van der Waals surface area contributed by atoms with Crippen LogP contribution in [-0.4, -0.2) is 37.9 Å². The van der Waals surface area contributed by atoms with Crippen molar-refractivity contribution < 1.29 is 30.8 Å². The highest BCUT2D eigenvalue weighted by Crippen LogP contribution is 2.31. The maximum absolute atomic E-state index is 13.0. The molecule has 0 aliphatic carbocycles. The predicted molar refractivity (Wildman–Crippen MR) is 105 cm³/mol. The minimum absolute atomic E-state index is 0.0373. The molecule has 0 bridgehead atoms. The van der Waals surface area contributed by atoms with Gasteiger partial charge in [0.25, 0.3) is 0 Å². The van der Waals surface area contributed by atoms with Crippen LogP contribution in [0.5, 0.6) is 0 Å². The summed E-state index contributed by atoms with van der Waals surface area (Å²) in [5, 5.41) is 3.62. The summed E-state index contributed by atoms with van der Waals surface area (Å²) < 4.78 is 78.4. The van der Waals surface area contributed by atoms with Gasteiger partial charge in [0.2, 0.25) is 15.9 Å². The Morgan fingerprint density at radius 1 is 1.06 bits per heavy atom. The van der Waals surface area contributed by atoms with Gasteiger partial charge in [-0.2, -0.15) is 22.6 Å². The van der Waals surface area contributed by atoms with Gasteiger partial charge in [0, 0.05) is 24.6 Å². The fourth-order valence-corrected chi connectivity index (χ4v) is 4.71. The highest BCUT2D eigenvalue weighted by molar-refractivity contribution is 7.89. The Morgan fingerprint density at radius 3 is 2.29 bits per heavy atom. The van der Waals surface area contributed by atoms with Crippen LogP contribution in [0.2, 0.25) is 0 Å². The highest BCUT2D eigenvalue weighted by Gasteiger charge is 2.33. The molecular weight excluding hydrogens is 438 g/mol. The van der Waals surface area contributed by atoms with Crippen molar-refractivity contribution in [3.8, 4) is 0 Å². The van der Waals surface area contributed by atoms with Gasteiger partial charge in [0.05, 0.1) is 16.7 Å². The molecule has 0 radical (unpaired) electrons. The number of sulfonamides is 1. The maximum Gasteiger partial charge on any atom is 0.417 e. The van der Waals surface area contributed by atoms with Crippen molar-refractivity contribution in [3.63, 3.8) is 0 Å². The van der Waals surface area contributed by atoms with E-state index in [1.807, 2.05) is 0 Å². The number of carbonyl (C=O) groups excluding carboxylic acids is 1. The molecule has 1 heterocycles. The molecule has 0 spiro atoms. The number of carbonyl (C=O) groups is 1. The summed E-state index contributed by atoms with van der Waals surface area (Å²) in [6.45, 7) is 0.164. The summed E-state index contributed by atoms with van der Waals surface area (Å²) in [4.78, 5) is 12.2. The van der Waals surface area contributed by atoms with Crippen molar-refractivity contribution in [1.29, 1.82) is 0 Å². The summed E-state index contributed by atoms with van der Waals surface area (Å²) in [6.07, 6.45) is -3.17. The van der Waals surface area contributed by atoms with Crippen molar-refractivity contribution in [3.05, 3.63) is 65.5 Å². The fraction of sp³-hybridized carbons (Fsp3) is 0.300. The molecule has 1 aliphatic heterocycles. The predicted octanol–water partition coefficient (Wildman–Crippen LogP) is 3.40. The number of hydrogen-bond acceptors (Lipinski definition) is 4. The maximum atomic E-state index is 13.0. The van der Waals surface area contributed by atoms with Gasteiger partial charge in [-0.3, -0.25) is 4.79 Å². The van der Waals surface area contributed by atoms with E-state index < -0.39 is 39.4 Å². The molecule has 0 aromatic heterocycles. The van der Waals surface area contributed by atoms with E-state index in [0.717, 1.165) is 24.4 Å². The Balaban J connectivity index is 1.58. The van der Waals surface area contributed by atoms with Gasteiger partial charge in [-0.05, 0) is 43.2 Å². The van der Waals surface area contributed by atoms with E-state index in [0.29, 0.717) is 0 Å². The zero-order chi connectivity index (χ0) is 22.6. The normalized spacial score (nSPS) is 16.5. The van der Waals surface area contributed by atoms with E-state index in [4.69, 9.17) is 0 Å². The minimum Gasteiger partial charge on any atom is -0.273 e.